The minimum absolute atomic E-state index is 1.14. The van der Waals surface area contributed by atoms with Crippen LogP contribution in [0.5, 0.6) is 0 Å². The number of rotatable bonds is 10. The molecule has 0 aliphatic heterocycles. The maximum atomic E-state index is 2.34. The lowest BCUT2D eigenvalue weighted by atomic mass is 10.1. The van der Waals surface area contributed by atoms with Crippen LogP contribution in [0.2, 0.25) is 0 Å². The smallest absolute Gasteiger partial charge is 0.0999 e. The van der Waals surface area contributed by atoms with Gasteiger partial charge >= 0.3 is 0 Å². The van der Waals surface area contributed by atoms with E-state index in [1.165, 1.54) is 53.1 Å². The van der Waals surface area contributed by atoms with Crippen molar-refractivity contribution in [3.05, 3.63) is 205 Å². The lowest BCUT2D eigenvalue weighted by molar-refractivity contribution is 1.32. The number of benzene rings is 6. The van der Waals surface area contributed by atoms with Crippen molar-refractivity contribution in [3.63, 3.8) is 0 Å². The van der Waals surface area contributed by atoms with Gasteiger partial charge in [-0.1, -0.05) is 109 Å². The molecule has 3 aromatic heterocycles. The molecule has 53 heavy (non-hydrogen) atoms. The highest BCUT2D eigenvalue weighted by Crippen LogP contribution is 2.42. The average molecular weight is 735 g/mol. The van der Waals surface area contributed by atoms with Crippen LogP contribution in [-0.2, 0) is 0 Å². The molecule has 0 atom stereocenters. The zero-order valence-corrected chi connectivity index (χ0v) is 31.2. The maximum absolute atomic E-state index is 2.34. The van der Waals surface area contributed by atoms with Gasteiger partial charge in [0.05, 0.1) is 10.0 Å². The van der Waals surface area contributed by atoms with Crippen LogP contribution in [0.4, 0.5) is 32.8 Å². The molecule has 0 bridgehead atoms. The summed E-state index contributed by atoms with van der Waals surface area (Å²) in [6.45, 7) is 0. The lowest BCUT2D eigenvalue weighted by Crippen LogP contribution is -2.08. The van der Waals surface area contributed by atoms with Gasteiger partial charge in [0.25, 0.3) is 0 Å². The standard InChI is InChI=1S/C48H34N2S3/c1-3-9-35(10-4-1)37-15-23-41(24-16-37)49(47-13-7-33-51-47)43-27-19-39(20-28-43)45-31-32-46(53-45)40-21-29-44(30-22-40)50(48-14-8-34-52-48)42-25-17-38(18-26-42)36-11-5-2-6-12-36/h1-34H. The third kappa shape index (κ3) is 6.98. The molecule has 6 aromatic carbocycles. The van der Waals surface area contributed by atoms with Crippen LogP contribution < -0.4 is 9.80 Å². The van der Waals surface area contributed by atoms with E-state index in [9.17, 15) is 0 Å². The Morgan fingerprint density at radius 2 is 0.585 bits per heavy atom. The predicted octanol–water partition coefficient (Wildman–Crippen LogP) is 15.5. The van der Waals surface area contributed by atoms with Crippen molar-refractivity contribution in [2.75, 3.05) is 9.80 Å². The third-order valence-electron chi connectivity index (χ3n) is 9.34. The molecule has 254 valence electrons. The normalized spacial score (nSPS) is 11.0. The Bertz CT molecular complexity index is 2320. The molecule has 0 N–H and O–H groups in total. The topological polar surface area (TPSA) is 6.48 Å². The van der Waals surface area contributed by atoms with Gasteiger partial charge in [-0.3, -0.25) is 0 Å². The highest BCUT2D eigenvalue weighted by atomic mass is 32.1. The Hall–Kier alpha value is -5.98. The predicted molar refractivity (Wildman–Crippen MR) is 231 cm³/mol. The number of hydrogen-bond donors (Lipinski definition) is 0. The maximum Gasteiger partial charge on any atom is 0.0999 e. The summed E-state index contributed by atoms with van der Waals surface area (Å²) in [5, 5.41) is 6.65. The van der Waals surface area contributed by atoms with Crippen LogP contribution in [0.3, 0.4) is 0 Å². The Labute approximate surface area is 322 Å². The van der Waals surface area contributed by atoms with Crippen molar-refractivity contribution in [2.24, 2.45) is 0 Å². The largest absolute Gasteiger partial charge is 0.302 e. The number of hydrogen-bond acceptors (Lipinski definition) is 5. The minimum Gasteiger partial charge on any atom is -0.302 e. The van der Waals surface area contributed by atoms with E-state index >= 15 is 0 Å². The molecule has 0 saturated carbocycles. The second-order valence-electron chi connectivity index (χ2n) is 12.7. The second kappa shape index (κ2) is 14.9. The van der Waals surface area contributed by atoms with Crippen LogP contribution in [0.1, 0.15) is 0 Å². The van der Waals surface area contributed by atoms with Gasteiger partial charge in [0.1, 0.15) is 0 Å². The first kappa shape index (κ1) is 32.9. The van der Waals surface area contributed by atoms with Crippen LogP contribution in [-0.4, -0.2) is 0 Å². The van der Waals surface area contributed by atoms with E-state index in [0.717, 1.165) is 22.7 Å². The zero-order valence-electron chi connectivity index (χ0n) is 28.7. The van der Waals surface area contributed by atoms with Crippen molar-refractivity contribution in [2.45, 2.75) is 0 Å². The van der Waals surface area contributed by atoms with Gasteiger partial charge in [0, 0.05) is 32.5 Å². The first-order chi connectivity index (χ1) is 26.3. The minimum atomic E-state index is 1.14. The Morgan fingerprint density at radius 1 is 0.264 bits per heavy atom. The van der Waals surface area contributed by atoms with E-state index in [2.05, 4.69) is 215 Å². The molecule has 0 aliphatic rings. The lowest BCUT2D eigenvalue weighted by Gasteiger charge is -2.24. The molecule has 0 fully saturated rings. The summed E-state index contributed by atoms with van der Waals surface area (Å²) in [4.78, 5) is 7.18. The molecule has 0 aliphatic carbocycles. The van der Waals surface area contributed by atoms with E-state index in [1.807, 2.05) is 11.3 Å². The quantitative estimate of drug-likeness (QED) is 0.138. The van der Waals surface area contributed by atoms with Gasteiger partial charge in [-0.25, -0.2) is 0 Å². The Kier molecular flexibility index (Phi) is 9.27. The van der Waals surface area contributed by atoms with Crippen LogP contribution >= 0.6 is 34.0 Å². The van der Waals surface area contributed by atoms with Crippen LogP contribution in [0, 0.1) is 0 Å². The van der Waals surface area contributed by atoms with E-state index in [1.54, 1.807) is 22.7 Å². The third-order valence-corrected chi connectivity index (χ3v) is 12.2. The summed E-state index contributed by atoms with van der Waals surface area (Å²) in [5.74, 6) is 0. The van der Waals surface area contributed by atoms with Gasteiger partial charge in [-0.15, -0.1) is 34.0 Å². The van der Waals surface area contributed by atoms with Crippen molar-refractivity contribution >= 4 is 66.8 Å². The Morgan fingerprint density at radius 3 is 0.906 bits per heavy atom. The van der Waals surface area contributed by atoms with Gasteiger partial charge in [-0.05, 0) is 129 Å². The fourth-order valence-electron chi connectivity index (χ4n) is 6.67. The van der Waals surface area contributed by atoms with Crippen LogP contribution in [0.15, 0.2) is 205 Å². The zero-order chi connectivity index (χ0) is 35.4. The molecular weight excluding hydrogens is 701 g/mol. The summed E-state index contributed by atoms with van der Waals surface area (Å²) in [7, 11) is 0. The molecule has 0 spiro atoms. The monoisotopic (exact) mass is 734 g/mol. The van der Waals surface area contributed by atoms with Gasteiger partial charge in [0.2, 0.25) is 0 Å². The average Bonchev–Trinajstić information content (AvgIpc) is 4.05. The summed E-state index contributed by atoms with van der Waals surface area (Å²) in [5.41, 5.74) is 11.9. The summed E-state index contributed by atoms with van der Waals surface area (Å²) < 4.78 is 0. The first-order valence-electron chi connectivity index (χ1n) is 17.6. The van der Waals surface area contributed by atoms with Crippen molar-refractivity contribution in [1.29, 1.82) is 0 Å². The molecule has 3 heterocycles. The fourth-order valence-corrected chi connectivity index (χ4v) is 9.22. The molecule has 9 rings (SSSR count). The number of anilines is 6. The number of nitrogens with zero attached hydrogens (tertiary/aromatic N) is 2. The Balaban J connectivity index is 0.948. The van der Waals surface area contributed by atoms with Gasteiger partial charge in [-0.2, -0.15) is 0 Å². The SMILES string of the molecule is c1ccc(-c2ccc(N(c3ccc(-c4ccc(-c5ccc(N(c6ccc(-c7ccccc7)cc6)c6cccs6)cc5)s4)cc3)c3cccs3)cc2)cc1. The highest BCUT2D eigenvalue weighted by molar-refractivity contribution is 7.18. The highest BCUT2D eigenvalue weighted by Gasteiger charge is 2.16. The molecule has 0 saturated heterocycles. The molecule has 5 heteroatoms. The van der Waals surface area contributed by atoms with Gasteiger partial charge < -0.3 is 9.80 Å². The van der Waals surface area contributed by atoms with Crippen LogP contribution in [0.25, 0.3) is 43.1 Å². The molecular formula is C48H34N2S3. The number of thiophene rings is 3. The second-order valence-corrected chi connectivity index (χ2v) is 15.6. The van der Waals surface area contributed by atoms with Crippen molar-refractivity contribution in [1.82, 2.24) is 0 Å². The van der Waals surface area contributed by atoms with Crippen molar-refractivity contribution < 1.29 is 0 Å². The molecule has 0 unspecified atom stereocenters. The summed E-state index contributed by atoms with van der Waals surface area (Å²) in [6.07, 6.45) is 0. The van der Waals surface area contributed by atoms with E-state index in [0.29, 0.717) is 0 Å². The molecule has 0 radical (unpaired) electrons. The van der Waals surface area contributed by atoms with E-state index in [4.69, 9.17) is 0 Å². The molecule has 9 aromatic rings. The fraction of sp³-hybridized carbons (Fsp3) is 0. The van der Waals surface area contributed by atoms with Crippen molar-refractivity contribution in [3.8, 4) is 43.1 Å². The summed E-state index contributed by atoms with van der Waals surface area (Å²) in [6, 6.07) is 69.8. The van der Waals surface area contributed by atoms with E-state index in [-0.39, 0.29) is 0 Å². The molecule has 0 amide bonds. The summed E-state index contributed by atoms with van der Waals surface area (Å²) >= 11 is 5.33. The van der Waals surface area contributed by atoms with E-state index < -0.39 is 0 Å². The van der Waals surface area contributed by atoms with Gasteiger partial charge in [0.15, 0.2) is 0 Å². The first-order valence-corrected chi connectivity index (χ1v) is 20.1. The molecule has 2 nitrogen and oxygen atoms in total.